The number of aromatic nitrogens is 2. The maximum Gasteiger partial charge on any atom is 0.410 e. The second kappa shape index (κ2) is 7.42. The molecule has 3 N–H and O–H groups in total. The van der Waals surface area contributed by atoms with Crippen LogP contribution in [0.3, 0.4) is 0 Å². The highest BCUT2D eigenvalue weighted by molar-refractivity contribution is 5.95. The Kier molecular flexibility index (Phi) is 5.21. The molecule has 1 aliphatic heterocycles. The molecule has 0 unspecified atom stereocenters. The highest BCUT2D eigenvalue weighted by Gasteiger charge is 2.30. The third kappa shape index (κ3) is 4.48. The van der Waals surface area contributed by atoms with Gasteiger partial charge in [0.25, 0.3) is 5.91 Å². The molecule has 0 aliphatic carbocycles. The normalized spacial score (nSPS) is 15.6. The van der Waals surface area contributed by atoms with Crippen molar-refractivity contribution < 1.29 is 14.3 Å². The van der Waals surface area contributed by atoms with Crippen LogP contribution in [0.1, 0.15) is 55.6 Å². The van der Waals surface area contributed by atoms with E-state index in [0.29, 0.717) is 18.7 Å². The lowest BCUT2D eigenvalue weighted by Gasteiger charge is -2.33. The SMILES string of the molecule is CC(C)(C)OC(=O)N1CCC(c2[nH]c(-c3ccncc3)cc2C(N)=O)CC1. The van der Waals surface area contributed by atoms with Gasteiger partial charge < -0.3 is 20.4 Å². The lowest BCUT2D eigenvalue weighted by molar-refractivity contribution is 0.0203. The van der Waals surface area contributed by atoms with E-state index in [1.54, 1.807) is 23.4 Å². The third-order valence-electron chi connectivity index (χ3n) is 4.66. The summed E-state index contributed by atoms with van der Waals surface area (Å²) in [5, 5.41) is 0. The summed E-state index contributed by atoms with van der Waals surface area (Å²) < 4.78 is 5.44. The van der Waals surface area contributed by atoms with Crippen LogP contribution in [0.25, 0.3) is 11.3 Å². The fraction of sp³-hybridized carbons (Fsp3) is 0.450. The van der Waals surface area contributed by atoms with Gasteiger partial charge in [0.15, 0.2) is 0 Å². The van der Waals surface area contributed by atoms with Crippen LogP contribution in [0.2, 0.25) is 0 Å². The van der Waals surface area contributed by atoms with Gasteiger partial charge in [-0.2, -0.15) is 0 Å². The highest BCUT2D eigenvalue weighted by Crippen LogP contribution is 2.33. The molecule has 1 aliphatic rings. The van der Waals surface area contributed by atoms with E-state index in [-0.39, 0.29) is 12.0 Å². The molecule has 0 saturated carbocycles. The van der Waals surface area contributed by atoms with Crippen LogP contribution < -0.4 is 5.73 Å². The van der Waals surface area contributed by atoms with E-state index in [4.69, 9.17) is 10.5 Å². The minimum Gasteiger partial charge on any atom is -0.444 e. The van der Waals surface area contributed by atoms with Gasteiger partial charge in [-0.05, 0) is 51.8 Å². The molecular formula is C20H26N4O3. The number of pyridine rings is 1. The molecular weight excluding hydrogens is 344 g/mol. The fourth-order valence-corrected chi connectivity index (χ4v) is 3.36. The smallest absolute Gasteiger partial charge is 0.410 e. The number of likely N-dealkylation sites (tertiary alicyclic amines) is 1. The zero-order chi connectivity index (χ0) is 19.6. The van der Waals surface area contributed by atoms with Gasteiger partial charge in [0, 0.05) is 48.4 Å². The first-order valence-electron chi connectivity index (χ1n) is 9.15. The van der Waals surface area contributed by atoms with Crippen molar-refractivity contribution in [1.29, 1.82) is 0 Å². The molecule has 0 radical (unpaired) electrons. The zero-order valence-electron chi connectivity index (χ0n) is 16.0. The molecule has 7 heteroatoms. The second-order valence-electron chi connectivity index (χ2n) is 7.85. The lowest BCUT2D eigenvalue weighted by Crippen LogP contribution is -2.41. The van der Waals surface area contributed by atoms with Crippen molar-refractivity contribution in [2.45, 2.75) is 45.1 Å². The Morgan fingerprint density at radius 2 is 1.85 bits per heavy atom. The lowest BCUT2D eigenvalue weighted by atomic mass is 9.91. The second-order valence-corrected chi connectivity index (χ2v) is 7.85. The first-order valence-corrected chi connectivity index (χ1v) is 9.15. The zero-order valence-corrected chi connectivity index (χ0v) is 16.0. The van der Waals surface area contributed by atoms with E-state index in [9.17, 15) is 9.59 Å². The van der Waals surface area contributed by atoms with Gasteiger partial charge in [-0.1, -0.05) is 0 Å². The van der Waals surface area contributed by atoms with Crippen LogP contribution in [0.15, 0.2) is 30.6 Å². The van der Waals surface area contributed by atoms with Crippen molar-refractivity contribution >= 4 is 12.0 Å². The van der Waals surface area contributed by atoms with Gasteiger partial charge in [-0.15, -0.1) is 0 Å². The van der Waals surface area contributed by atoms with Crippen molar-refractivity contribution in [2.24, 2.45) is 5.73 Å². The van der Waals surface area contributed by atoms with Crippen molar-refractivity contribution in [2.75, 3.05) is 13.1 Å². The molecule has 1 fully saturated rings. The van der Waals surface area contributed by atoms with E-state index in [0.717, 1.165) is 29.8 Å². The Balaban J connectivity index is 1.75. The molecule has 0 atom stereocenters. The third-order valence-corrected chi connectivity index (χ3v) is 4.66. The number of hydrogen-bond acceptors (Lipinski definition) is 4. The van der Waals surface area contributed by atoms with Gasteiger partial charge >= 0.3 is 6.09 Å². The summed E-state index contributed by atoms with van der Waals surface area (Å²) in [4.78, 5) is 33.3. The van der Waals surface area contributed by atoms with Crippen molar-refractivity contribution in [3.63, 3.8) is 0 Å². The maximum atomic E-state index is 12.2. The Bertz CT molecular complexity index is 815. The Morgan fingerprint density at radius 1 is 1.22 bits per heavy atom. The summed E-state index contributed by atoms with van der Waals surface area (Å²) >= 11 is 0. The predicted octanol–water partition coefficient (Wildman–Crippen LogP) is 3.29. The quantitative estimate of drug-likeness (QED) is 0.865. The number of hydrogen-bond donors (Lipinski definition) is 2. The average molecular weight is 370 g/mol. The first kappa shape index (κ1) is 18.9. The van der Waals surface area contributed by atoms with Crippen molar-refractivity contribution in [3.8, 4) is 11.3 Å². The molecule has 7 nitrogen and oxygen atoms in total. The molecule has 2 aromatic heterocycles. The molecule has 0 bridgehead atoms. The maximum absolute atomic E-state index is 12.2. The molecule has 3 heterocycles. The Labute approximate surface area is 158 Å². The standard InChI is InChI=1S/C20H26N4O3/c1-20(2,3)27-19(26)24-10-6-14(7-11-24)17-15(18(21)25)12-16(23-17)13-4-8-22-9-5-13/h4-5,8-9,12,14,23H,6-7,10-11H2,1-3H3,(H2,21,25). The predicted molar refractivity (Wildman–Crippen MR) is 102 cm³/mol. The Hall–Kier alpha value is -2.83. The average Bonchev–Trinajstić information content (AvgIpc) is 3.07. The van der Waals surface area contributed by atoms with Crippen LogP contribution in [0.5, 0.6) is 0 Å². The molecule has 0 aromatic carbocycles. The molecule has 27 heavy (non-hydrogen) atoms. The van der Waals surface area contributed by atoms with Crippen LogP contribution in [-0.4, -0.2) is 45.6 Å². The molecule has 3 rings (SSSR count). The first-order chi connectivity index (χ1) is 12.7. The Morgan fingerprint density at radius 3 is 2.41 bits per heavy atom. The number of primary amides is 1. The molecule has 144 valence electrons. The number of nitrogens with one attached hydrogen (secondary N) is 1. The minimum atomic E-state index is -0.508. The number of piperidine rings is 1. The van der Waals surface area contributed by atoms with E-state index >= 15 is 0 Å². The van der Waals surface area contributed by atoms with E-state index in [1.807, 2.05) is 32.9 Å². The van der Waals surface area contributed by atoms with Gasteiger partial charge in [0.05, 0.1) is 5.56 Å². The number of rotatable bonds is 3. The van der Waals surface area contributed by atoms with Crippen LogP contribution >= 0.6 is 0 Å². The van der Waals surface area contributed by atoms with Crippen molar-refractivity contribution in [3.05, 3.63) is 41.9 Å². The number of H-pyrrole nitrogens is 1. The number of aromatic amines is 1. The highest BCUT2D eigenvalue weighted by atomic mass is 16.6. The minimum absolute atomic E-state index is 0.141. The van der Waals surface area contributed by atoms with E-state index in [2.05, 4.69) is 9.97 Å². The number of amides is 2. The van der Waals surface area contributed by atoms with Crippen molar-refractivity contribution in [1.82, 2.24) is 14.9 Å². The molecule has 1 saturated heterocycles. The monoisotopic (exact) mass is 370 g/mol. The van der Waals surface area contributed by atoms with Crippen LogP contribution in [0.4, 0.5) is 4.79 Å². The van der Waals surface area contributed by atoms with Crippen LogP contribution in [0, 0.1) is 0 Å². The van der Waals surface area contributed by atoms with Gasteiger partial charge in [-0.25, -0.2) is 4.79 Å². The number of ether oxygens (including phenoxy) is 1. The number of carbonyl (C=O) groups excluding carboxylic acids is 2. The molecule has 0 spiro atoms. The molecule has 2 aromatic rings. The van der Waals surface area contributed by atoms with Crippen LogP contribution in [-0.2, 0) is 4.74 Å². The summed E-state index contributed by atoms with van der Waals surface area (Å²) in [6.07, 6.45) is 4.61. The van der Waals surface area contributed by atoms with Gasteiger partial charge in [0.1, 0.15) is 5.60 Å². The number of nitrogens with two attached hydrogens (primary N) is 1. The summed E-state index contributed by atoms with van der Waals surface area (Å²) in [5.41, 5.74) is 8.24. The summed E-state index contributed by atoms with van der Waals surface area (Å²) in [5.74, 6) is -0.307. The molecule has 2 amide bonds. The number of nitrogens with zero attached hydrogens (tertiary/aromatic N) is 2. The fourth-order valence-electron chi connectivity index (χ4n) is 3.36. The summed E-state index contributed by atoms with van der Waals surface area (Å²) in [6.45, 7) is 6.74. The summed E-state index contributed by atoms with van der Waals surface area (Å²) in [6, 6.07) is 5.56. The largest absolute Gasteiger partial charge is 0.444 e. The summed E-state index contributed by atoms with van der Waals surface area (Å²) in [7, 11) is 0. The van der Waals surface area contributed by atoms with E-state index < -0.39 is 11.5 Å². The number of carbonyl (C=O) groups is 2. The topological polar surface area (TPSA) is 101 Å². The van der Waals surface area contributed by atoms with E-state index in [1.165, 1.54) is 0 Å². The van der Waals surface area contributed by atoms with Gasteiger partial charge in [-0.3, -0.25) is 9.78 Å². The van der Waals surface area contributed by atoms with Gasteiger partial charge in [0.2, 0.25) is 0 Å².